The van der Waals surface area contributed by atoms with Crippen LogP contribution >= 0.6 is 0 Å². The Bertz CT molecular complexity index is 409. The second-order valence-corrected chi connectivity index (χ2v) is 3.01. The van der Waals surface area contributed by atoms with Crippen molar-refractivity contribution in [2.45, 2.75) is 0 Å². The molecule has 1 aromatic carbocycles. The molecule has 2 N–H and O–H groups in total. The van der Waals surface area contributed by atoms with Crippen LogP contribution in [0, 0.1) is 5.82 Å². The van der Waals surface area contributed by atoms with Crippen LogP contribution < -0.4 is 5.32 Å². The van der Waals surface area contributed by atoms with E-state index in [2.05, 4.69) is 5.32 Å². The van der Waals surface area contributed by atoms with E-state index in [1.165, 1.54) is 24.3 Å². The fourth-order valence-corrected chi connectivity index (χ4v) is 1.39. The van der Waals surface area contributed by atoms with Crippen LogP contribution in [0.4, 0.5) is 4.39 Å². The van der Waals surface area contributed by atoms with Gasteiger partial charge in [0.2, 0.25) is 0 Å². The van der Waals surface area contributed by atoms with Gasteiger partial charge in [-0.3, -0.25) is 4.79 Å². The van der Waals surface area contributed by atoms with Gasteiger partial charge in [0.25, 0.3) is 5.91 Å². The minimum absolute atomic E-state index is 0.00149. The maximum absolute atomic E-state index is 12.6. The summed E-state index contributed by atoms with van der Waals surface area (Å²) in [4.78, 5) is 11.2. The van der Waals surface area contributed by atoms with Crippen LogP contribution in [-0.4, -0.2) is 17.6 Å². The minimum atomic E-state index is -0.368. The summed E-state index contributed by atoms with van der Waals surface area (Å²) in [5.74, 6) is -0.692. The van der Waals surface area contributed by atoms with Gasteiger partial charge in [-0.15, -0.1) is 0 Å². The van der Waals surface area contributed by atoms with Crippen molar-refractivity contribution in [1.82, 2.24) is 5.32 Å². The number of carbonyl (C=O) groups excluding carboxylic acids is 1. The van der Waals surface area contributed by atoms with Crippen molar-refractivity contribution in [3.05, 3.63) is 41.4 Å². The molecule has 0 saturated heterocycles. The molecule has 3 nitrogen and oxygen atoms in total. The summed E-state index contributed by atoms with van der Waals surface area (Å²) in [5, 5.41) is 11.9. The zero-order valence-electron chi connectivity index (χ0n) is 7.25. The van der Waals surface area contributed by atoms with E-state index >= 15 is 0 Å². The van der Waals surface area contributed by atoms with Gasteiger partial charge < -0.3 is 10.4 Å². The quantitative estimate of drug-likeness (QED) is 0.704. The number of aliphatic hydroxyl groups excluding tert-OH is 1. The summed E-state index contributed by atoms with van der Waals surface area (Å²) in [6, 6.07) is 5.43. The Morgan fingerprint density at radius 2 is 1.93 bits per heavy atom. The first-order valence-corrected chi connectivity index (χ1v) is 4.15. The Balaban J connectivity index is 2.44. The maximum Gasteiger partial charge on any atom is 0.255 e. The van der Waals surface area contributed by atoms with Crippen LogP contribution in [0.3, 0.4) is 0 Å². The average Bonchev–Trinajstić information content (AvgIpc) is 2.49. The third-order valence-corrected chi connectivity index (χ3v) is 2.06. The fourth-order valence-electron chi connectivity index (χ4n) is 1.39. The summed E-state index contributed by atoms with van der Waals surface area (Å²) in [6.45, 7) is 0.144. The number of benzene rings is 1. The van der Waals surface area contributed by atoms with Crippen molar-refractivity contribution >= 4 is 11.5 Å². The molecule has 1 aliphatic heterocycles. The van der Waals surface area contributed by atoms with Crippen LogP contribution in [0.2, 0.25) is 0 Å². The predicted molar refractivity (Wildman–Crippen MR) is 49.0 cm³/mol. The number of hydrogen-bond acceptors (Lipinski definition) is 2. The Labute approximate surface area is 79.9 Å². The lowest BCUT2D eigenvalue weighted by Gasteiger charge is -2.00. The Kier molecular flexibility index (Phi) is 1.96. The molecule has 1 amide bonds. The molecule has 0 fully saturated rings. The van der Waals surface area contributed by atoms with Crippen molar-refractivity contribution in [2.75, 3.05) is 6.54 Å². The van der Waals surface area contributed by atoms with Crippen molar-refractivity contribution in [2.24, 2.45) is 0 Å². The van der Waals surface area contributed by atoms with E-state index in [1.54, 1.807) is 0 Å². The lowest BCUT2D eigenvalue weighted by Crippen LogP contribution is -2.17. The molecule has 72 valence electrons. The molecule has 1 aliphatic rings. The molecule has 0 aliphatic carbocycles. The van der Waals surface area contributed by atoms with Gasteiger partial charge >= 0.3 is 0 Å². The van der Waals surface area contributed by atoms with E-state index in [1.807, 2.05) is 0 Å². The number of nitrogens with one attached hydrogen (secondary N) is 1. The van der Waals surface area contributed by atoms with Crippen LogP contribution in [0.5, 0.6) is 0 Å². The van der Waals surface area contributed by atoms with Gasteiger partial charge in [0.1, 0.15) is 11.6 Å². The normalized spacial score (nSPS) is 15.9. The van der Waals surface area contributed by atoms with E-state index in [9.17, 15) is 14.3 Å². The largest absolute Gasteiger partial charge is 0.510 e. The molecule has 2 rings (SSSR count). The Morgan fingerprint density at radius 3 is 2.43 bits per heavy atom. The number of rotatable bonds is 1. The fraction of sp³-hybridized carbons (Fsp3) is 0.100. The minimum Gasteiger partial charge on any atom is -0.510 e. The molecular weight excluding hydrogens is 185 g/mol. The zero-order chi connectivity index (χ0) is 10.1. The highest BCUT2D eigenvalue weighted by molar-refractivity contribution is 6.22. The number of carbonyl (C=O) groups is 1. The molecule has 1 aromatic rings. The lowest BCUT2D eigenvalue weighted by atomic mass is 10.1. The molecule has 0 unspecified atom stereocenters. The van der Waals surface area contributed by atoms with Crippen molar-refractivity contribution in [3.8, 4) is 0 Å². The van der Waals surface area contributed by atoms with E-state index in [0.717, 1.165) is 0 Å². The standard InChI is InChI=1S/C10H8FNO2/c11-7-3-1-6(2-4-7)9-8(13)5-12-10(9)14/h1-4,13H,5H2,(H,12,14). The smallest absolute Gasteiger partial charge is 0.255 e. The van der Waals surface area contributed by atoms with Crippen molar-refractivity contribution in [3.63, 3.8) is 0 Å². The van der Waals surface area contributed by atoms with Crippen molar-refractivity contribution < 1.29 is 14.3 Å². The second-order valence-electron chi connectivity index (χ2n) is 3.01. The first-order valence-electron chi connectivity index (χ1n) is 4.15. The Morgan fingerprint density at radius 1 is 1.29 bits per heavy atom. The van der Waals surface area contributed by atoms with Crippen LogP contribution in [0.1, 0.15) is 5.56 Å². The first kappa shape index (κ1) is 8.74. The van der Waals surface area contributed by atoms with Gasteiger partial charge in [-0.1, -0.05) is 12.1 Å². The van der Waals surface area contributed by atoms with Gasteiger partial charge in [-0.05, 0) is 17.7 Å². The predicted octanol–water partition coefficient (Wildman–Crippen LogP) is 1.22. The highest BCUT2D eigenvalue weighted by Crippen LogP contribution is 2.21. The highest BCUT2D eigenvalue weighted by Gasteiger charge is 2.23. The highest BCUT2D eigenvalue weighted by atomic mass is 19.1. The molecule has 14 heavy (non-hydrogen) atoms. The van der Waals surface area contributed by atoms with E-state index in [0.29, 0.717) is 5.56 Å². The van der Waals surface area contributed by atoms with Crippen LogP contribution in [-0.2, 0) is 4.79 Å². The van der Waals surface area contributed by atoms with Crippen LogP contribution in [0.15, 0.2) is 30.0 Å². The Hall–Kier alpha value is -1.84. The number of hydrogen-bond donors (Lipinski definition) is 2. The number of amides is 1. The van der Waals surface area contributed by atoms with Crippen LogP contribution in [0.25, 0.3) is 5.57 Å². The molecule has 0 spiro atoms. The van der Waals surface area contributed by atoms with E-state index < -0.39 is 0 Å². The SMILES string of the molecule is O=C1NCC(O)=C1c1ccc(F)cc1. The summed E-state index contributed by atoms with van der Waals surface area (Å²) >= 11 is 0. The first-order chi connectivity index (χ1) is 6.68. The molecule has 0 saturated carbocycles. The molecule has 1 heterocycles. The molecule has 4 heteroatoms. The summed E-state index contributed by atoms with van der Waals surface area (Å²) in [6.07, 6.45) is 0. The van der Waals surface area contributed by atoms with Gasteiger partial charge in [0.05, 0.1) is 12.1 Å². The van der Waals surface area contributed by atoms with Gasteiger partial charge in [0.15, 0.2) is 0 Å². The lowest BCUT2D eigenvalue weighted by molar-refractivity contribution is -0.114. The summed E-state index contributed by atoms with van der Waals surface area (Å²) in [5.41, 5.74) is 0.754. The molecular formula is C10H8FNO2. The second kappa shape index (κ2) is 3.14. The maximum atomic E-state index is 12.6. The molecule has 0 aromatic heterocycles. The number of aliphatic hydroxyl groups is 1. The number of halogens is 1. The van der Waals surface area contributed by atoms with Gasteiger partial charge in [0, 0.05) is 0 Å². The average molecular weight is 193 g/mol. The van der Waals surface area contributed by atoms with Gasteiger partial charge in [-0.25, -0.2) is 4.39 Å². The monoisotopic (exact) mass is 193 g/mol. The topological polar surface area (TPSA) is 49.3 Å². The van der Waals surface area contributed by atoms with Crippen molar-refractivity contribution in [1.29, 1.82) is 0 Å². The third-order valence-electron chi connectivity index (χ3n) is 2.06. The molecule has 0 radical (unpaired) electrons. The summed E-state index contributed by atoms with van der Waals surface area (Å²) < 4.78 is 12.6. The molecule has 0 bridgehead atoms. The van der Waals surface area contributed by atoms with E-state index in [4.69, 9.17) is 0 Å². The zero-order valence-corrected chi connectivity index (χ0v) is 7.25. The molecule has 0 atom stereocenters. The third kappa shape index (κ3) is 1.35. The summed E-state index contributed by atoms with van der Waals surface area (Å²) in [7, 11) is 0. The van der Waals surface area contributed by atoms with Gasteiger partial charge in [-0.2, -0.15) is 0 Å². The van der Waals surface area contributed by atoms with E-state index in [-0.39, 0.29) is 29.6 Å².